The quantitative estimate of drug-likeness (QED) is 0.406. The molecule has 3 aromatic carbocycles. The summed E-state index contributed by atoms with van der Waals surface area (Å²) in [6.07, 6.45) is 0. The summed E-state index contributed by atoms with van der Waals surface area (Å²) in [5, 5.41) is 2.87. The van der Waals surface area contributed by atoms with E-state index in [0.717, 1.165) is 26.6 Å². The van der Waals surface area contributed by atoms with Gasteiger partial charge in [-0.15, -0.1) is 0 Å². The zero-order valence-corrected chi connectivity index (χ0v) is 23.7. The third-order valence-corrected chi connectivity index (χ3v) is 8.22. The molecule has 0 aromatic heterocycles. The third-order valence-electron chi connectivity index (χ3n) is 6.44. The molecule has 0 saturated heterocycles. The van der Waals surface area contributed by atoms with Crippen LogP contribution in [0, 0.1) is 20.8 Å². The van der Waals surface area contributed by atoms with Gasteiger partial charge in [-0.1, -0.05) is 54.6 Å². The summed E-state index contributed by atoms with van der Waals surface area (Å²) in [5.41, 5.74) is 3.88. The molecule has 0 heterocycles. The average molecular weight is 536 g/mol. The predicted octanol–water partition coefficient (Wildman–Crippen LogP) is 4.75. The highest BCUT2D eigenvalue weighted by molar-refractivity contribution is 7.92. The molecule has 3 rings (SSSR count). The number of hydrogen-bond acceptors (Lipinski definition) is 4. The van der Waals surface area contributed by atoms with E-state index in [2.05, 4.69) is 5.32 Å². The van der Waals surface area contributed by atoms with Crippen molar-refractivity contribution in [3.05, 3.63) is 95.1 Å². The van der Waals surface area contributed by atoms with Gasteiger partial charge in [0.05, 0.1) is 10.6 Å². The SMILES string of the molecule is Cc1ccc(C)c(N(CC(=O)N(Cc2ccccc2C)C(C)C(=O)NC(C)C)S(=O)(=O)c2ccccc2)c1. The Bertz CT molecular complexity index is 1390. The van der Waals surface area contributed by atoms with Crippen molar-refractivity contribution in [2.75, 3.05) is 10.8 Å². The molecule has 1 N–H and O–H groups in total. The van der Waals surface area contributed by atoms with Crippen LogP contribution in [0.2, 0.25) is 0 Å². The first kappa shape index (κ1) is 28.9. The highest BCUT2D eigenvalue weighted by Crippen LogP contribution is 2.28. The number of aryl methyl sites for hydroxylation is 3. The molecule has 202 valence electrons. The molecule has 0 bridgehead atoms. The fourth-order valence-corrected chi connectivity index (χ4v) is 5.67. The molecule has 7 nitrogen and oxygen atoms in total. The number of rotatable bonds is 10. The van der Waals surface area contributed by atoms with Gasteiger partial charge in [-0.05, 0) is 82.0 Å². The molecular weight excluding hydrogens is 498 g/mol. The lowest BCUT2D eigenvalue weighted by Crippen LogP contribution is -2.52. The first-order chi connectivity index (χ1) is 17.9. The monoisotopic (exact) mass is 535 g/mol. The Kier molecular flexibility index (Phi) is 9.33. The summed E-state index contributed by atoms with van der Waals surface area (Å²) in [6.45, 7) is 10.7. The highest BCUT2D eigenvalue weighted by Gasteiger charge is 2.33. The van der Waals surface area contributed by atoms with Crippen molar-refractivity contribution in [2.24, 2.45) is 0 Å². The van der Waals surface area contributed by atoms with E-state index in [9.17, 15) is 18.0 Å². The molecule has 1 atom stereocenters. The lowest BCUT2D eigenvalue weighted by Gasteiger charge is -2.33. The molecule has 38 heavy (non-hydrogen) atoms. The summed E-state index contributed by atoms with van der Waals surface area (Å²) in [5.74, 6) is -0.772. The Morgan fingerprint density at radius 2 is 1.47 bits per heavy atom. The zero-order chi connectivity index (χ0) is 28.0. The summed E-state index contributed by atoms with van der Waals surface area (Å²) >= 11 is 0. The summed E-state index contributed by atoms with van der Waals surface area (Å²) < 4.78 is 28.9. The van der Waals surface area contributed by atoms with Gasteiger partial charge in [0, 0.05) is 12.6 Å². The molecule has 0 saturated carbocycles. The molecule has 8 heteroatoms. The number of carbonyl (C=O) groups is 2. The minimum atomic E-state index is -4.08. The molecular formula is C30H37N3O4S. The van der Waals surface area contributed by atoms with E-state index in [4.69, 9.17) is 0 Å². The van der Waals surface area contributed by atoms with Crippen LogP contribution in [0.1, 0.15) is 43.0 Å². The second-order valence-electron chi connectivity index (χ2n) is 9.90. The second-order valence-corrected chi connectivity index (χ2v) is 11.8. The van der Waals surface area contributed by atoms with Gasteiger partial charge < -0.3 is 10.2 Å². The van der Waals surface area contributed by atoms with Gasteiger partial charge in [0.1, 0.15) is 12.6 Å². The van der Waals surface area contributed by atoms with Crippen LogP contribution in [-0.2, 0) is 26.2 Å². The normalized spacial score (nSPS) is 12.2. The lowest BCUT2D eigenvalue weighted by atomic mass is 10.1. The number of nitrogens with zero attached hydrogens (tertiary/aromatic N) is 2. The van der Waals surface area contributed by atoms with Crippen LogP contribution >= 0.6 is 0 Å². The van der Waals surface area contributed by atoms with E-state index in [0.29, 0.717) is 5.69 Å². The number of sulfonamides is 1. The molecule has 0 spiro atoms. The molecule has 3 aromatic rings. The number of benzene rings is 3. The molecule has 2 amide bonds. The third kappa shape index (κ3) is 6.81. The van der Waals surface area contributed by atoms with E-state index in [1.54, 1.807) is 31.2 Å². The van der Waals surface area contributed by atoms with Crippen molar-refractivity contribution in [2.45, 2.75) is 65.1 Å². The first-order valence-electron chi connectivity index (χ1n) is 12.7. The fourth-order valence-electron chi connectivity index (χ4n) is 4.18. The van der Waals surface area contributed by atoms with Crippen LogP contribution in [-0.4, -0.2) is 43.8 Å². The summed E-state index contributed by atoms with van der Waals surface area (Å²) in [4.78, 5) is 28.5. The molecule has 1 unspecified atom stereocenters. The molecule has 0 aliphatic heterocycles. The van der Waals surface area contributed by atoms with Gasteiger partial charge >= 0.3 is 0 Å². The van der Waals surface area contributed by atoms with E-state index in [1.807, 2.05) is 71.0 Å². The minimum absolute atomic E-state index is 0.0877. The lowest BCUT2D eigenvalue weighted by molar-refractivity contribution is -0.139. The van der Waals surface area contributed by atoms with Crippen LogP contribution in [0.15, 0.2) is 77.7 Å². The molecule has 0 aliphatic rings. The molecule has 0 fully saturated rings. The van der Waals surface area contributed by atoms with Crippen LogP contribution in [0.3, 0.4) is 0 Å². The van der Waals surface area contributed by atoms with Crippen molar-refractivity contribution in [1.82, 2.24) is 10.2 Å². The minimum Gasteiger partial charge on any atom is -0.352 e. The Morgan fingerprint density at radius 1 is 0.842 bits per heavy atom. The van der Waals surface area contributed by atoms with Gasteiger partial charge in [-0.25, -0.2) is 8.42 Å². The van der Waals surface area contributed by atoms with Crippen molar-refractivity contribution < 1.29 is 18.0 Å². The Balaban J connectivity index is 2.08. The molecule has 0 radical (unpaired) electrons. The Morgan fingerprint density at radius 3 is 2.11 bits per heavy atom. The Hall–Kier alpha value is -3.65. The van der Waals surface area contributed by atoms with E-state index in [1.165, 1.54) is 17.0 Å². The van der Waals surface area contributed by atoms with Gasteiger partial charge in [-0.2, -0.15) is 0 Å². The maximum atomic E-state index is 14.0. The van der Waals surface area contributed by atoms with Crippen molar-refractivity contribution in [1.29, 1.82) is 0 Å². The topological polar surface area (TPSA) is 86.8 Å². The number of anilines is 1. The predicted molar refractivity (Wildman–Crippen MR) is 151 cm³/mol. The maximum Gasteiger partial charge on any atom is 0.264 e. The number of nitrogens with one attached hydrogen (secondary N) is 1. The highest BCUT2D eigenvalue weighted by atomic mass is 32.2. The first-order valence-corrected chi connectivity index (χ1v) is 14.1. The smallest absolute Gasteiger partial charge is 0.264 e. The van der Waals surface area contributed by atoms with E-state index < -0.39 is 28.5 Å². The van der Waals surface area contributed by atoms with Crippen LogP contribution < -0.4 is 9.62 Å². The van der Waals surface area contributed by atoms with Crippen molar-refractivity contribution >= 4 is 27.5 Å². The van der Waals surface area contributed by atoms with Crippen molar-refractivity contribution in [3.8, 4) is 0 Å². The number of amides is 2. The van der Waals surface area contributed by atoms with Gasteiger partial charge in [0.15, 0.2) is 0 Å². The van der Waals surface area contributed by atoms with E-state index >= 15 is 0 Å². The fraction of sp³-hybridized carbons (Fsp3) is 0.333. The van der Waals surface area contributed by atoms with Crippen LogP contribution in [0.4, 0.5) is 5.69 Å². The van der Waals surface area contributed by atoms with Gasteiger partial charge in [0.2, 0.25) is 11.8 Å². The maximum absolute atomic E-state index is 14.0. The number of carbonyl (C=O) groups excluding carboxylic acids is 2. The summed E-state index contributed by atoms with van der Waals surface area (Å²) in [7, 11) is -4.08. The largest absolute Gasteiger partial charge is 0.352 e. The van der Waals surface area contributed by atoms with Crippen molar-refractivity contribution in [3.63, 3.8) is 0 Å². The standard InChI is InChI=1S/C30H37N3O4S/c1-21(2)31-30(35)25(6)32(19-26-13-11-10-12-23(26)4)29(34)20-33(28-18-22(3)16-17-24(28)5)38(36,37)27-14-8-7-9-15-27/h7-18,21,25H,19-20H2,1-6H3,(H,31,35). The summed E-state index contributed by atoms with van der Waals surface area (Å²) in [6, 6.07) is 20.3. The van der Waals surface area contributed by atoms with E-state index in [-0.39, 0.29) is 23.4 Å². The average Bonchev–Trinajstić information content (AvgIpc) is 2.88. The second kappa shape index (κ2) is 12.3. The van der Waals surface area contributed by atoms with Crippen LogP contribution in [0.25, 0.3) is 0 Å². The van der Waals surface area contributed by atoms with Gasteiger partial charge in [0.25, 0.3) is 10.0 Å². The number of hydrogen-bond donors (Lipinski definition) is 1. The zero-order valence-electron chi connectivity index (χ0n) is 22.9. The molecule has 0 aliphatic carbocycles. The van der Waals surface area contributed by atoms with Crippen LogP contribution in [0.5, 0.6) is 0 Å². The Labute approximate surface area is 226 Å². The van der Waals surface area contributed by atoms with Gasteiger partial charge in [-0.3, -0.25) is 13.9 Å².